The number of hydrogen-bond donors (Lipinski definition) is 1. The number of carbonyl (C=O) groups is 1. The standard InChI is InChI=1S/C10H8BrClO2/c1-6-4-7(2-3-9(13)14)5-8(11)10(6)12/h2-5H,1H3,(H,13,14)/b3-2+. The molecule has 0 aromatic heterocycles. The molecule has 1 aromatic carbocycles. The van der Waals surface area contributed by atoms with Gasteiger partial charge in [0.25, 0.3) is 0 Å². The summed E-state index contributed by atoms with van der Waals surface area (Å²) < 4.78 is 0.768. The average Bonchev–Trinajstić information content (AvgIpc) is 2.10. The first-order valence-electron chi connectivity index (χ1n) is 3.87. The Bertz CT molecular complexity index is 376. The molecule has 14 heavy (non-hydrogen) atoms. The van der Waals surface area contributed by atoms with Gasteiger partial charge in [-0.1, -0.05) is 17.7 Å². The summed E-state index contributed by atoms with van der Waals surface area (Å²) in [5.74, 6) is -0.964. The molecule has 0 fully saturated rings. The van der Waals surface area contributed by atoms with E-state index < -0.39 is 5.97 Å². The van der Waals surface area contributed by atoms with Crippen LogP contribution < -0.4 is 0 Å². The third-order valence-electron chi connectivity index (χ3n) is 1.65. The van der Waals surface area contributed by atoms with Gasteiger partial charge >= 0.3 is 5.97 Å². The van der Waals surface area contributed by atoms with Gasteiger partial charge < -0.3 is 5.11 Å². The van der Waals surface area contributed by atoms with Crippen LogP contribution in [0.3, 0.4) is 0 Å². The van der Waals surface area contributed by atoms with E-state index in [1.807, 2.05) is 13.0 Å². The van der Waals surface area contributed by atoms with E-state index >= 15 is 0 Å². The monoisotopic (exact) mass is 274 g/mol. The molecular weight excluding hydrogens is 267 g/mol. The normalized spacial score (nSPS) is 10.8. The molecule has 0 unspecified atom stereocenters. The molecule has 0 spiro atoms. The van der Waals surface area contributed by atoms with Gasteiger partial charge in [0.2, 0.25) is 0 Å². The number of halogens is 2. The van der Waals surface area contributed by atoms with Crippen LogP contribution in [0.15, 0.2) is 22.7 Å². The molecule has 0 heterocycles. The molecule has 0 atom stereocenters. The summed E-state index contributed by atoms with van der Waals surface area (Å²) in [5.41, 5.74) is 1.72. The van der Waals surface area contributed by atoms with Crippen LogP contribution in [-0.2, 0) is 4.79 Å². The summed E-state index contributed by atoms with van der Waals surface area (Å²) in [6.45, 7) is 1.87. The van der Waals surface area contributed by atoms with Crippen molar-refractivity contribution >= 4 is 39.6 Å². The van der Waals surface area contributed by atoms with Gasteiger partial charge in [-0.05, 0) is 46.1 Å². The van der Waals surface area contributed by atoms with Crippen LogP contribution in [0.25, 0.3) is 6.08 Å². The minimum Gasteiger partial charge on any atom is -0.478 e. The number of aliphatic carboxylic acids is 1. The molecule has 0 aliphatic carbocycles. The molecule has 0 saturated carbocycles. The van der Waals surface area contributed by atoms with Gasteiger partial charge in [0.15, 0.2) is 0 Å². The van der Waals surface area contributed by atoms with E-state index in [0.717, 1.165) is 21.7 Å². The van der Waals surface area contributed by atoms with Crippen LogP contribution in [0.5, 0.6) is 0 Å². The molecule has 0 saturated heterocycles. The maximum atomic E-state index is 10.3. The summed E-state index contributed by atoms with van der Waals surface area (Å²) in [4.78, 5) is 10.3. The number of hydrogen-bond acceptors (Lipinski definition) is 1. The fraction of sp³-hybridized carbons (Fsp3) is 0.100. The predicted octanol–water partition coefficient (Wildman–Crippen LogP) is 3.51. The van der Waals surface area contributed by atoms with Crippen LogP contribution in [0.4, 0.5) is 0 Å². The molecule has 0 bridgehead atoms. The Morgan fingerprint density at radius 3 is 2.71 bits per heavy atom. The molecule has 0 amide bonds. The van der Waals surface area contributed by atoms with Gasteiger partial charge in [-0.25, -0.2) is 4.79 Å². The van der Waals surface area contributed by atoms with E-state index in [9.17, 15) is 4.79 Å². The number of aryl methyl sites for hydroxylation is 1. The first-order valence-corrected chi connectivity index (χ1v) is 5.04. The zero-order chi connectivity index (χ0) is 10.7. The van der Waals surface area contributed by atoms with Crippen molar-refractivity contribution in [3.05, 3.63) is 38.8 Å². The Balaban J connectivity index is 3.07. The van der Waals surface area contributed by atoms with Crippen molar-refractivity contribution in [2.75, 3.05) is 0 Å². The highest BCUT2D eigenvalue weighted by Crippen LogP contribution is 2.27. The summed E-state index contributed by atoms with van der Waals surface area (Å²) in [5, 5.41) is 9.09. The molecule has 74 valence electrons. The Kier molecular flexibility index (Phi) is 3.72. The van der Waals surface area contributed by atoms with Crippen LogP contribution in [-0.4, -0.2) is 11.1 Å². The Hall–Kier alpha value is -0.800. The molecule has 1 aromatic rings. The maximum Gasteiger partial charge on any atom is 0.328 e. The lowest BCUT2D eigenvalue weighted by Gasteiger charge is -2.02. The second-order valence-corrected chi connectivity index (χ2v) is 4.04. The molecule has 0 aliphatic heterocycles. The van der Waals surface area contributed by atoms with Crippen LogP contribution in [0.2, 0.25) is 5.02 Å². The number of carboxylic acids is 1. The molecular formula is C10H8BrClO2. The quantitative estimate of drug-likeness (QED) is 0.839. The van der Waals surface area contributed by atoms with E-state index in [2.05, 4.69) is 15.9 Å². The van der Waals surface area contributed by atoms with E-state index in [1.54, 1.807) is 6.07 Å². The average molecular weight is 276 g/mol. The molecule has 4 heteroatoms. The van der Waals surface area contributed by atoms with Crippen molar-refractivity contribution in [3.8, 4) is 0 Å². The van der Waals surface area contributed by atoms with Gasteiger partial charge in [-0.2, -0.15) is 0 Å². The lowest BCUT2D eigenvalue weighted by atomic mass is 10.1. The van der Waals surface area contributed by atoms with Crippen LogP contribution in [0.1, 0.15) is 11.1 Å². The van der Waals surface area contributed by atoms with E-state index in [-0.39, 0.29) is 0 Å². The number of carboxylic acid groups (broad SMARTS) is 1. The third-order valence-corrected chi connectivity index (χ3v) is 3.01. The molecule has 1 N–H and O–H groups in total. The molecule has 0 aliphatic rings. The lowest BCUT2D eigenvalue weighted by molar-refractivity contribution is -0.131. The maximum absolute atomic E-state index is 10.3. The first kappa shape index (κ1) is 11.3. The number of benzene rings is 1. The zero-order valence-electron chi connectivity index (χ0n) is 7.42. The Morgan fingerprint density at radius 1 is 1.57 bits per heavy atom. The SMILES string of the molecule is Cc1cc(/C=C/C(=O)O)cc(Br)c1Cl. The van der Waals surface area contributed by atoms with Gasteiger partial charge in [-0.15, -0.1) is 0 Å². The highest BCUT2D eigenvalue weighted by Gasteiger charge is 2.01. The summed E-state index contributed by atoms with van der Waals surface area (Å²) in [6.07, 6.45) is 2.62. The van der Waals surface area contributed by atoms with Gasteiger partial charge in [-0.3, -0.25) is 0 Å². The van der Waals surface area contributed by atoms with Crippen molar-refractivity contribution < 1.29 is 9.90 Å². The minimum atomic E-state index is -0.964. The van der Waals surface area contributed by atoms with E-state index in [4.69, 9.17) is 16.7 Å². The van der Waals surface area contributed by atoms with Gasteiger partial charge in [0.1, 0.15) is 0 Å². The Morgan fingerprint density at radius 2 is 2.21 bits per heavy atom. The fourth-order valence-corrected chi connectivity index (χ4v) is 1.70. The highest BCUT2D eigenvalue weighted by atomic mass is 79.9. The van der Waals surface area contributed by atoms with Crippen molar-refractivity contribution in [3.63, 3.8) is 0 Å². The lowest BCUT2D eigenvalue weighted by Crippen LogP contribution is -1.86. The Labute approximate surface area is 95.3 Å². The first-order chi connectivity index (χ1) is 6.50. The van der Waals surface area contributed by atoms with Crippen LogP contribution >= 0.6 is 27.5 Å². The van der Waals surface area contributed by atoms with E-state index in [1.165, 1.54) is 6.08 Å². The largest absolute Gasteiger partial charge is 0.478 e. The molecule has 0 radical (unpaired) electrons. The second kappa shape index (κ2) is 4.62. The summed E-state index contributed by atoms with van der Waals surface area (Å²) >= 11 is 9.22. The van der Waals surface area contributed by atoms with Crippen molar-refractivity contribution in [2.45, 2.75) is 6.92 Å². The predicted molar refractivity (Wildman–Crippen MR) is 60.6 cm³/mol. The highest BCUT2D eigenvalue weighted by molar-refractivity contribution is 9.10. The minimum absolute atomic E-state index is 0.650. The molecule has 1 rings (SSSR count). The van der Waals surface area contributed by atoms with Crippen molar-refractivity contribution in [2.24, 2.45) is 0 Å². The summed E-state index contributed by atoms with van der Waals surface area (Å²) in [7, 11) is 0. The van der Waals surface area contributed by atoms with Crippen molar-refractivity contribution in [1.82, 2.24) is 0 Å². The smallest absolute Gasteiger partial charge is 0.328 e. The van der Waals surface area contributed by atoms with Crippen molar-refractivity contribution in [1.29, 1.82) is 0 Å². The summed E-state index contributed by atoms with van der Waals surface area (Å²) in [6, 6.07) is 3.60. The van der Waals surface area contributed by atoms with Gasteiger partial charge in [0.05, 0.1) is 5.02 Å². The topological polar surface area (TPSA) is 37.3 Å². The second-order valence-electron chi connectivity index (χ2n) is 2.81. The molecule has 2 nitrogen and oxygen atoms in total. The third kappa shape index (κ3) is 2.86. The fourth-order valence-electron chi connectivity index (χ4n) is 1.02. The van der Waals surface area contributed by atoms with E-state index in [0.29, 0.717) is 5.02 Å². The van der Waals surface area contributed by atoms with Crippen LogP contribution in [0, 0.1) is 6.92 Å². The zero-order valence-corrected chi connectivity index (χ0v) is 9.76. The number of rotatable bonds is 2. The van der Waals surface area contributed by atoms with Gasteiger partial charge in [0, 0.05) is 10.5 Å².